The minimum Gasteiger partial charge on any atom is -0.391 e. The van der Waals surface area contributed by atoms with Gasteiger partial charge in [0.1, 0.15) is 5.78 Å². The minimum absolute atomic E-state index is 0.0745. The summed E-state index contributed by atoms with van der Waals surface area (Å²) >= 11 is 0. The highest BCUT2D eigenvalue weighted by atomic mass is 16.3. The summed E-state index contributed by atoms with van der Waals surface area (Å²) in [6.07, 6.45) is 2.87. The Balaban J connectivity index is 1.97. The van der Waals surface area contributed by atoms with Gasteiger partial charge in [-0.15, -0.1) is 0 Å². The molecule has 2 bridgehead atoms. The van der Waals surface area contributed by atoms with Crippen LogP contribution < -0.4 is 0 Å². The summed E-state index contributed by atoms with van der Waals surface area (Å²) in [4.78, 5) is 25.1. The van der Waals surface area contributed by atoms with Gasteiger partial charge in [-0.25, -0.2) is 0 Å². The molecule has 2 aliphatic heterocycles. The highest BCUT2D eigenvalue weighted by Crippen LogP contribution is 2.47. The monoisotopic (exact) mass is 209 g/mol. The first kappa shape index (κ1) is 9.33. The van der Waals surface area contributed by atoms with Gasteiger partial charge in [0.05, 0.1) is 6.10 Å². The Kier molecular flexibility index (Phi) is 1.75. The summed E-state index contributed by atoms with van der Waals surface area (Å²) < 4.78 is 0. The number of rotatable bonds is 0. The van der Waals surface area contributed by atoms with Crippen LogP contribution in [-0.4, -0.2) is 39.9 Å². The van der Waals surface area contributed by atoms with Gasteiger partial charge in [-0.2, -0.15) is 0 Å². The van der Waals surface area contributed by atoms with Crippen LogP contribution in [0, 0.1) is 5.92 Å². The van der Waals surface area contributed by atoms with Crippen LogP contribution in [0.5, 0.6) is 0 Å². The number of carbonyl (C=O) groups is 2. The number of carbonyl (C=O) groups excluding carboxylic acids is 2. The number of fused-ring (bicyclic) bond motifs is 1. The number of hydrogen-bond donors (Lipinski definition) is 1. The molecule has 3 rings (SSSR count). The maximum Gasteiger partial charge on any atom is 0.223 e. The zero-order valence-electron chi connectivity index (χ0n) is 8.61. The van der Waals surface area contributed by atoms with Gasteiger partial charge < -0.3 is 10.0 Å². The van der Waals surface area contributed by atoms with Crippen molar-refractivity contribution in [3.05, 3.63) is 0 Å². The Morgan fingerprint density at radius 1 is 1.27 bits per heavy atom. The lowest BCUT2D eigenvalue weighted by atomic mass is 9.69. The van der Waals surface area contributed by atoms with Crippen molar-refractivity contribution in [2.24, 2.45) is 5.92 Å². The minimum atomic E-state index is -0.632. The largest absolute Gasteiger partial charge is 0.391 e. The van der Waals surface area contributed by atoms with Crippen molar-refractivity contribution >= 4 is 11.7 Å². The van der Waals surface area contributed by atoms with Crippen molar-refractivity contribution in [1.29, 1.82) is 0 Å². The molecule has 82 valence electrons. The number of amides is 1. The van der Waals surface area contributed by atoms with E-state index in [4.69, 9.17) is 0 Å². The fourth-order valence-corrected chi connectivity index (χ4v) is 3.47. The lowest BCUT2D eigenvalue weighted by Gasteiger charge is -2.50. The first-order valence-electron chi connectivity index (χ1n) is 5.64. The molecular formula is C11H15NO3. The van der Waals surface area contributed by atoms with E-state index in [1.54, 1.807) is 0 Å². The molecule has 4 nitrogen and oxygen atoms in total. The quantitative estimate of drug-likeness (QED) is 0.615. The highest BCUT2D eigenvalue weighted by molar-refractivity contribution is 5.86. The molecule has 4 heteroatoms. The fourth-order valence-electron chi connectivity index (χ4n) is 3.47. The van der Waals surface area contributed by atoms with E-state index in [2.05, 4.69) is 0 Å². The summed E-state index contributed by atoms with van der Waals surface area (Å²) in [5, 5.41) is 9.84. The predicted octanol–water partition coefficient (Wildman–Crippen LogP) is 0.0913. The second-order valence-corrected chi connectivity index (χ2v) is 5.07. The molecule has 3 fully saturated rings. The molecule has 1 N–H and O–H groups in total. The van der Waals surface area contributed by atoms with Gasteiger partial charge in [0.25, 0.3) is 0 Å². The molecule has 3 aliphatic rings. The number of ketones is 1. The second-order valence-electron chi connectivity index (χ2n) is 5.07. The SMILES string of the molecule is O=C1CCC23CCC(=O)N2CC(O)C1C3. The smallest absolute Gasteiger partial charge is 0.223 e. The van der Waals surface area contributed by atoms with Crippen LogP contribution in [0.25, 0.3) is 0 Å². The lowest BCUT2D eigenvalue weighted by Crippen LogP contribution is -2.60. The Morgan fingerprint density at radius 3 is 2.80 bits per heavy atom. The Morgan fingerprint density at radius 2 is 2.00 bits per heavy atom. The zero-order chi connectivity index (χ0) is 10.6. The summed E-state index contributed by atoms with van der Waals surface area (Å²) in [6.45, 7) is 0.370. The van der Waals surface area contributed by atoms with Crippen molar-refractivity contribution in [1.82, 2.24) is 4.90 Å². The number of Topliss-reactive ketones (excluding diaryl/α,β-unsaturated/α-hetero) is 1. The van der Waals surface area contributed by atoms with Gasteiger partial charge in [-0.05, 0) is 19.3 Å². The molecule has 1 spiro atoms. The molecule has 0 radical (unpaired) electrons. The maximum atomic E-state index is 11.7. The van der Waals surface area contributed by atoms with E-state index in [0.717, 1.165) is 12.8 Å². The van der Waals surface area contributed by atoms with E-state index in [-0.39, 0.29) is 23.1 Å². The third kappa shape index (κ3) is 1.11. The van der Waals surface area contributed by atoms with Gasteiger partial charge >= 0.3 is 0 Å². The summed E-state index contributed by atoms with van der Waals surface area (Å²) in [6, 6.07) is 0. The van der Waals surface area contributed by atoms with Gasteiger partial charge in [0, 0.05) is 30.8 Å². The van der Waals surface area contributed by atoms with Crippen LogP contribution in [0.4, 0.5) is 0 Å². The Hall–Kier alpha value is -0.900. The normalized spacial score (nSPS) is 44.5. The predicted molar refractivity (Wildman–Crippen MR) is 52.0 cm³/mol. The van der Waals surface area contributed by atoms with E-state index in [1.807, 2.05) is 4.90 Å². The van der Waals surface area contributed by atoms with Crippen LogP contribution in [0.2, 0.25) is 0 Å². The summed E-state index contributed by atoms with van der Waals surface area (Å²) in [7, 11) is 0. The molecule has 0 aromatic heterocycles. The first-order chi connectivity index (χ1) is 7.12. The average molecular weight is 209 g/mol. The fraction of sp³-hybridized carbons (Fsp3) is 0.818. The molecule has 2 saturated heterocycles. The Bertz CT molecular complexity index is 341. The molecular weight excluding hydrogens is 194 g/mol. The van der Waals surface area contributed by atoms with Crippen molar-refractivity contribution in [2.45, 2.75) is 43.7 Å². The van der Waals surface area contributed by atoms with Gasteiger partial charge in [0.2, 0.25) is 5.91 Å². The van der Waals surface area contributed by atoms with Gasteiger partial charge in [-0.1, -0.05) is 0 Å². The molecule has 3 unspecified atom stereocenters. The molecule has 1 saturated carbocycles. The number of β-amino-alcohol motifs (C(OH)–C–C–N with tert-alkyl or cyclic N) is 1. The van der Waals surface area contributed by atoms with E-state index in [9.17, 15) is 14.7 Å². The van der Waals surface area contributed by atoms with Crippen LogP contribution in [0.3, 0.4) is 0 Å². The topological polar surface area (TPSA) is 57.6 Å². The molecule has 2 heterocycles. The molecule has 0 aromatic rings. The number of hydrogen-bond acceptors (Lipinski definition) is 3. The summed E-state index contributed by atoms with van der Waals surface area (Å²) in [5.41, 5.74) is -0.0745. The second kappa shape index (κ2) is 2.82. The van der Waals surface area contributed by atoms with E-state index >= 15 is 0 Å². The molecule has 1 aliphatic carbocycles. The van der Waals surface area contributed by atoms with Crippen LogP contribution >= 0.6 is 0 Å². The van der Waals surface area contributed by atoms with Crippen LogP contribution in [-0.2, 0) is 9.59 Å². The van der Waals surface area contributed by atoms with Gasteiger partial charge in [0.15, 0.2) is 0 Å². The number of aliphatic hydroxyl groups excluding tert-OH is 1. The Labute approximate surface area is 88.2 Å². The first-order valence-corrected chi connectivity index (χ1v) is 5.64. The molecule has 1 amide bonds. The standard InChI is InChI=1S/C11H15NO3/c13-8-1-3-11-4-2-10(15)12(11)6-9(14)7(8)5-11/h7,9,14H,1-6H2. The van der Waals surface area contributed by atoms with E-state index < -0.39 is 6.10 Å². The number of aliphatic hydroxyl groups is 1. The molecule has 15 heavy (non-hydrogen) atoms. The molecule has 0 aromatic carbocycles. The van der Waals surface area contributed by atoms with Gasteiger partial charge in [-0.3, -0.25) is 9.59 Å². The van der Waals surface area contributed by atoms with Crippen molar-refractivity contribution in [3.8, 4) is 0 Å². The lowest BCUT2D eigenvalue weighted by molar-refractivity contribution is -0.151. The maximum absolute atomic E-state index is 11.7. The number of nitrogens with zero attached hydrogens (tertiary/aromatic N) is 1. The highest BCUT2D eigenvalue weighted by Gasteiger charge is 2.55. The summed E-state index contributed by atoms with van der Waals surface area (Å²) in [5.74, 6) is 0.134. The van der Waals surface area contributed by atoms with Crippen molar-refractivity contribution < 1.29 is 14.7 Å². The van der Waals surface area contributed by atoms with E-state index in [1.165, 1.54) is 0 Å². The molecule has 3 atom stereocenters. The van der Waals surface area contributed by atoms with Crippen molar-refractivity contribution in [2.75, 3.05) is 6.54 Å². The van der Waals surface area contributed by atoms with Crippen molar-refractivity contribution in [3.63, 3.8) is 0 Å². The van der Waals surface area contributed by atoms with Crippen LogP contribution in [0.1, 0.15) is 32.1 Å². The third-order valence-corrected chi connectivity index (χ3v) is 4.36. The van der Waals surface area contributed by atoms with E-state index in [0.29, 0.717) is 25.8 Å². The number of piperidine rings is 1. The average Bonchev–Trinajstić information content (AvgIpc) is 2.52. The third-order valence-electron chi connectivity index (χ3n) is 4.36. The zero-order valence-corrected chi connectivity index (χ0v) is 8.61. The van der Waals surface area contributed by atoms with Crippen LogP contribution in [0.15, 0.2) is 0 Å².